The fourth-order valence-electron chi connectivity index (χ4n) is 9.76. The molecular weight excluding hydrogens is 919 g/mol. The third-order valence-corrected chi connectivity index (χ3v) is 13.4. The molecule has 8 aromatic rings. The number of aromatic nitrogens is 1. The molecule has 1 aromatic heterocycles. The van der Waals surface area contributed by atoms with Crippen molar-refractivity contribution in [1.82, 2.24) is 4.98 Å². The number of hydrogen-bond acceptors (Lipinski definition) is 11. The van der Waals surface area contributed by atoms with Gasteiger partial charge in [-0.3, -0.25) is 30.2 Å². The van der Waals surface area contributed by atoms with Crippen LogP contribution in [0.15, 0.2) is 192 Å². The normalized spacial score (nSPS) is 15.3. The Labute approximate surface area is 419 Å². The van der Waals surface area contributed by atoms with Gasteiger partial charge in [-0.2, -0.15) is 10.2 Å². The van der Waals surface area contributed by atoms with E-state index in [1.807, 2.05) is 54.6 Å². The van der Waals surface area contributed by atoms with Crippen molar-refractivity contribution in [2.45, 2.75) is 38.0 Å². The highest BCUT2D eigenvalue weighted by molar-refractivity contribution is 6.56. The van der Waals surface area contributed by atoms with Gasteiger partial charge in [0.05, 0.1) is 33.9 Å². The summed E-state index contributed by atoms with van der Waals surface area (Å²) < 4.78 is 6.25. The van der Waals surface area contributed by atoms with Crippen LogP contribution in [0.5, 0.6) is 11.5 Å². The number of amides is 2. The number of carboxylic acids is 1. The van der Waals surface area contributed by atoms with Crippen molar-refractivity contribution in [1.29, 1.82) is 0 Å². The number of benzene rings is 7. The molecule has 1 fully saturated rings. The molecule has 73 heavy (non-hydrogen) atoms. The second-order valence-corrected chi connectivity index (χ2v) is 17.8. The predicted molar refractivity (Wildman–Crippen MR) is 281 cm³/mol. The van der Waals surface area contributed by atoms with E-state index in [4.69, 9.17) is 4.74 Å². The quantitative estimate of drug-likeness (QED) is 0.0397. The number of aromatic carboxylic acids is 1. The molecule has 14 heteroatoms. The van der Waals surface area contributed by atoms with Crippen molar-refractivity contribution >= 4 is 69.4 Å². The molecule has 358 valence electrons. The van der Waals surface area contributed by atoms with Gasteiger partial charge in [0.2, 0.25) is 0 Å². The fraction of sp³-hybridized carbons (Fsp3) is 0.102. The molecule has 11 rings (SSSR count). The molecule has 2 amide bonds. The molecule has 3 aliphatic rings. The molecule has 0 unspecified atom stereocenters. The number of carboxylic acid groups (broad SMARTS) is 1. The third kappa shape index (κ3) is 8.82. The molecule has 1 saturated carbocycles. The van der Waals surface area contributed by atoms with Crippen molar-refractivity contribution in [2.24, 2.45) is 10.2 Å². The van der Waals surface area contributed by atoms with E-state index in [9.17, 15) is 29.4 Å². The van der Waals surface area contributed by atoms with Crippen LogP contribution in [0.1, 0.15) is 75.4 Å². The zero-order chi connectivity index (χ0) is 50.0. The van der Waals surface area contributed by atoms with E-state index in [0.29, 0.717) is 62.2 Å². The van der Waals surface area contributed by atoms with Gasteiger partial charge in [0, 0.05) is 34.1 Å². The Balaban J connectivity index is 0.888. The number of phenols is 1. The van der Waals surface area contributed by atoms with Gasteiger partial charge in [0.15, 0.2) is 17.2 Å². The van der Waals surface area contributed by atoms with E-state index in [1.54, 1.807) is 108 Å². The summed E-state index contributed by atoms with van der Waals surface area (Å²) >= 11 is 0. The average molecular weight is 964 g/mol. The summed E-state index contributed by atoms with van der Waals surface area (Å²) in [4.78, 5) is 62.2. The third-order valence-electron chi connectivity index (χ3n) is 13.4. The topological polar surface area (TPSA) is 186 Å². The highest BCUT2D eigenvalue weighted by Gasteiger charge is 2.37. The van der Waals surface area contributed by atoms with Crippen molar-refractivity contribution in [2.75, 3.05) is 20.7 Å². The maximum atomic E-state index is 14.4. The summed E-state index contributed by atoms with van der Waals surface area (Å²) in [7, 11) is 0. The van der Waals surface area contributed by atoms with Gasteiger partial charge >= 0.3 is 11.9 Å². The van der Waals surface area contributed by atoms with E-state index < -0.39 is 17.8 Å². The molecule has 14 nitrogen and oxygen atoms in total. The van der Waals surface area contributed by atoms with Crippen LogP contribution in [0.2, 0.25) is 0 Å². The summed E-state index contributed by atoms with van der Waals surface area (Å²) in [5.41, 5.74) is 12.9. The minimum Gasteiger partial charge on any atom is -0.505 e. The SMILES string of the molecule is O=C(O)c1cccc(-c2cccc(NN=C3C(=O)N(c4ccc(C5CCCCC5)cc4)c4ccccc43)c2OC(=O)c2cccc(-c3cccc(NN=C4C(=O)N(c5ccccn5)c5ccccc54)c3O)c2)c1. The van der Waals surface area contributed by atoms with Gasteiger partial charge in [-0.25, -0.2) is 14.6 Å². The Bertz CT molecular complexity index is 3550. The number of pyridine rings is 1. The van der Waals surface area contributed by atoms with Crippen molar-refractivity contribution < 1.29 is 34.1 Å². The largest absolute Gasteiger partial charge is 0.505 e. The molecule has 2 aliphatic heterocycles. The maximum Gasteiger partial charge on any atom is 0.343 e. The monoisotopic (exact) mass is 963 g/mol. The minimum absolute atomic E-state index is 0.0233. The molecule has 4 N–H and O–H groups in total. The molecule has 3 heterocycles. The summed E-state index contributed by atoms with van der Waals surface area (Å²) in [6, 6.07) is 50.9. The predicted octanol–water partition coefficient (Wildman–Crippen LogP) is 12.1. The van der Waals surface area contributed by atoms with Gasteiger partial charge in [-0.15, -0.1) is 0 Å². The molecule has 1 aliphatic carbocycles. The van der Waals surface area contributed by atoms with E-state index in [2.05, 4.69) is 38.2 Å². The summed E-state index contributed by atoms with van der Waals surface area (Å²) in [5.74, 6) is -1.87. The number of carbonyl (C=O) groups is 4. The van der Waals surface area contributed by atoms with E-state index >= 15 is 0 Å². The van der Waals surface area contributed by atoms with Crippen LogP contribution in [0.3, 0.4) is 0 Å². The van der Waals surface area contributed by atoms with Gasteiger partial charge < -0.3 is 14.9 Å². The van der Waals surface area contributed by atoms with E-state index in [0.717, 1.165) is 12.8 Å². The maximum absolute atomic E-state index is 14.4. The van der Waals surface area contributed by atoms with Crippen molar-refractivity contribution in [3.05, 3.63) is 210 Å². The number of fused-ring (bicyclic) bond motifs is 2. The Morgan fingerprint density at radius 1 is 0.575 bits per heavy atom. The number of anilines is 6. The van der Waals surface area contributed by atoms with Crippen LogP contribution in [0.4, 0.5) is 34.3 Å². The first-order valence-corrected chi connectivity index (χ1v) is 23.9. The number of aromatic hydroxyl groups is 1. The number of carbonyl (C=O) groups excluding carboxylic acids is 3. The second-order valence-electron chi connectivity index (χ2n) is 17.8. The number of ether oxygens (including phenoxy) is 1. The van der Waals surface area contributed by atoms with Crippen LogP contribution < -0.4 is 25.4 Å². The Morgan fingerprint density at radius 2 is 1.14 bits per heavy atom. The Kier molecular flexibility index (Phi) is 12.3. The van der Waals surface area contributed by atoms with Gasteiger partial charge in [0.1, 0.15) is 11.6 Å². The second kappa shape index (κ2) is 19.6. The number of nitrogens with one attached hydrogen (secondary N) is 2. The number of para-hydroxylation sites is 4. The van der Waals surface area contributed by atoms with Crippen LogP contribution in [0.25, 0.3) is 22.3 Å². The van der Waals surface area contributed by atoms with Gasteiger partial charge in [0.25, 0.3) is 11.8 Å². The molecule has 0 bridgehead atoms. The number of rotatable bonds is 12. The average Bonchev–Trinajstić information content (AvgIpc) is 3.88. The Morgan fingerprint density at radius 3 is 1.82 bits per heavy atom. The smallest absolute Gasteiger partial charge is 0.343 e. The van der Waals surface area contributed by atoms with Crippen LogP contribution >= 0.6 is 0 Å². The molecule has 0 atom stereocenters. The molecule has 7 aromatic carbocycles. The van der Waals surface area contributed by atoms with Crippen LogP contribution in [-0.2, 0) is 9.59 Å². The number of esters is 1. The van der Waals surface area contributed by atoms with Crippen LogP contribution in [0, 0.1) is 0 Å². The first-order chi connectivity index (χ1) is 35.7. The van der Waals surface area contributed by atoms with Crippen molar-refractivity contribution in [3.63, 3.8) is 0 Å². The first-order valence-electron chi connectivity index (χ1n) is 23.9. The number of hydrogen-bond donors (Lipinski definition) is 4. The van der Waals surface area contributed by atoms with Gasteiger partial charge in [-0.05, 0) is 108 Å². The highest BCUT2D eigenvalue weighted by Crippen LogP contribution is 2.42. The zero-order valence-corrected chi connectivity index (χ0v) is 39.1. The van der Waals surface area contributed by atoms with E-state index in [-0.39, 0.29) is 51.3 Å². The van der Waals surface area contributed by atoms with E-state index in [1.165, 1.54) is 41.9 Å². The standard InChI is InChI=1S/C59H45N7O7/c67-54-43(22-12-24-47(54)61-63-53-46-21-5-7-27-50(46)66(57(53)69)51-28-8-9-33-60-51)38-16-11-19-41(35-38)59(72)73-55-44(39-17-10-18-40(34-39)58(70)71)23-13-25-48(55)62-64-52-45-20-4-6-26-49(45)65(56(52)68)42-31-29-37(30-32-42)36-14-2-1-3-15-36/h4-13,16-36,61-62,67H,1-3,14-15H2,(H,70,71). The summed E-state index contributed by atoms with van der Waals surface area (Å²) in [6.07, 6.45) is 7.63. The van der Waals surface area contributed by atoms with Gasteiger partial charge in [-0.1, -0.05) is 122 Å². The molecule has 0 radical (unpaired) electrons. The zero-order valence-electron chi connectivity index (χ0n) is 39.1. The number of nitrogens with zero attached hydrogens (tertiary/aromatic N) is 5. The lowest BCUT2D eigenvalue weighted by atomic mass is 9.84. The minimum atomic E-state index is -1.14. The fourth-order valence-corrected chi connectivity index (χ4v) is 9.76. The number of phenolic OH excluding ortho intramolecular Hbond substituents is 1. The lowest BCUT2D eigenvalue weighted by molar-refractivity contribution is -0.112. The Hall–Kier alpha value is -9.69. The summed E-state index contributed by atoms with van der Waals surface area (Å²) in [6.45, 7) is 0. The van der Waals surface area contributed by atoms with Crippen LogP contribution in [-0.4, -0.2) is 50.4 Å². The molecule has 0 spiro atoms. The van der Waals surface area contributed by atoms with Crippen molar-refractivity contribution in [3.8, 4) is 33.8 Å². The summed E-state index contributed by atoms with van der Waals surface area (Å²) in [5, 5.41) is 30.7. The lowest BCUT2D eigenvalue weighted by Gasteiger charge is -2.23. The molecular formula is C59H45N7O7. The molecule has 0 saturated heterocycles. The number of hydrazone groups is 2. The lowest BCUT2D eigenvalue weighted by Crippen LogP contribution is -2.26. The first kappa shape index (κ1) is 45.7. The highest BCUT2D eigenvalue weighted by atomic mass is 16.5.